The van der Waals surface area contributed by atoms with Crippen LogP contribution >= 0.6 is 0 Å². The molecular formula is C25H25N5O4. The molecule has 9 heteroatoms. The predicted molar refractivity (Wildman–Crippen MR) is 128 cm³/mol. The molecule has 0 radical (unpaired) electrons. The van der Waals surface area contributed by atoms with E-state index < -0.39 is 0 Å². The van der Waals surface area contributed by atoms with Gasteiger partial charge in [0.2, 0.25) is 0 Å². The van der Waals surface area contributed by atoms with Crippen LogP contribution in [0.4, 0.5) is 0 Å². The van der Waals surface area contributed by atoms with E-state index in [1.54, 1.807) is 26.3 Å². The van der Waals surface area contributed by atoms with Gasteiger partial charge in [0.05, 0.1) is 18.4 Å². The Hall–Kier alpha value is -4.40. The first-order chi connectivity index (χ1) is 16.5. The average molecular weight is 460 g/mol. The minimum absolute atomic E-state index is 0.167. The molecule has 0 saturated heterocycles. The number of aryl methyl sites for hydroxylation is 2. The lowest BCUT2D eigenvalue weighted by molar-refractivity contribution is 0.214. The van der Waals surface area contributed by atoms with Crippen molar-refractivity contribution in [2.45, 2.75) is 13.5 Å². The minimum atomic E-state index is -0.360. The molecule has 0 aliphatic carbocycles. The summed E-state index contributed by atoms with van der Waals surface area (Å²) in [4.78, 5) is 17.5. The van der Waals surface area contributed by atoms with Crippen molar-refractivity contribution in [1.82, 2.24) is 19.8 Å². The number of oxime groups is 1. The molecule has 1 aromatic heterocycles. The lowest BCUT2D eigenvalue weighted by Crippen LogP contribution is -2.23. The van der Waals surface area contributed by atoms with E-state index in [2.05, 4.69) is 15.6 Å². The number of nitrogens with zero attached hydrogens (tertiary/aromatic N) is 5. The van der Waals surface area contributed by atoms with E-state index in [1.807, 2.05) is 61.5 Å². The Morgan fingerprint density at radius 3 is 2.38 bits per heavy atom. The van der Waals surface area contributed by atoms with Crippen LogP contribution in [0, 0.1) is 6.92 Å². The van der Waals surface area contributed by atoms with E-state index in [4.69, 9.17) is 14.3 Å². The Labute approximate surface area is 196 Å². The van der Waals surface area contributed by atoms with E-state index in [-0.39, 0.29) is 12.3 Å². The molecule has 3 aromatic carbocycles. The molecule has 0 unspecified atom stereocenters. The summed E-state index contributed by atoms with van der Waals surface area (Å²) in [6.07, 6.45) is 0. The van der Waals surface area contributed by atoms with Crippen molar-refractivity contribution in [2.24, 2.45) is 12.2 Å². The molecule has 4 aromatic rings. The SMILES string of the molecule is CON=C(c1ccccc1)c1ccc(OCc2c(OC)cccc2-n2nnn(C)c2=O)c(C)c1. The van der Waals surface area contributed by atoms with E-state index >= 15 is 0 Å². The van der Waals surface area contributed by atoms with Gasteiger partial charge in [0.25, 0.3) is 0 Å². The van der Waals surface area contributed by atoms with Gasteiger partial charge in [-0.05, 0) is 53.2 Å². The molecule has 0 amide bonds. The average Bonchev–Trinajstić information content (AvgIpc) is 3.20. The lowest BCUT2D eigenvalue weighted by Gasteiger charge is -2.16. The first-order valence-corrected chi connectivity index (χ1v) is 10.6. The number of benzene rings is 3. The second-order valence-corrected chi connectivity index (χ2v) is 7.51. The van der Waals surface area contributed by atoms with Gasteiger partial charge < -0.3 is 14.3 Å². The number of tetrazole rings is 1. The molecular weight excluding hydrogens is 434 g/mol. The van der Waals surface area contributed by atoms with E-state index in [9.17, 15) is 4.79 Å². The smallest absolute Gasteiger partial charge is 0.368 e. The van der Waals surface area contributed by atoms with Gasteiger partial charge in [0.1, 0.15) is 30.9 Å². The summed E-state index contributed by atoms with van der Waals surface area (Å²) in [5.41, 5.74) is 4.37. The summed E-state index contributed by atoms with van der Waals surface area (Å²) >= 11 is 0. The zero-order valence-corrected chi connectivity index (χ0v) is 19.4. The van der Waals surface area contributed by atoms with E-state index in [1.165, 1.54) is 16.5 Å². The molecule has 34 heavy (non-hydrogen) atoms. The van der Waals surface area contributed by atoms with Crippen molar-refractivity contribution in [1.29, 1.82) is 0 Å². The molecule has 0 aliphatic heterocycles. The highest BCUT2D eigenvalue weighted by Crippen LogP contribution is 2.28. The second kappa shape index (κ2) is 10.0. The van der Waals surface area contributed by atoms with Gasteiger partial charge in [-0.25, -0.2) is 4.79 Å². The number of methoxy groups -OCH3 is 1. The van der Waals surface area contributed by atoms with Crippen LogP contribution in [0.15, 0.2) is 76.7 Å². The van der Waals surface area contributed by atoms with Crippen LogP contribution in [0.25, 0.3) is 5.69 Å². The van der Waals surface area contributed by atoms with Gasteiger partial charge >= 0.3 is 5.69 Å². The van der Waals surface area contributed by atoms with Crippen LogP contribution in [-0.4, -0.2) is 39.7 Å². The van der Waals surface area contributed by atoms with E-state index in [0.29, 0.717) is 22.7 Å². The van der Waals surface area contributed by atoms with Crippen LogP contribution in [0.5, 0.6) is 11.5 Å². The summed E-state index contributed by atoms with van der Waals surface area (Å²) in [7, 11) is 4.65. The number of hydrogen-bond acceptors (Lipinski definition) is 7. The monoisotopic (exact) mass is 459 g/mol. The Kier molecular flexibility index (Phi) is 6.72. The maximum atomic E-state index is 12.4. The highest BCUT2D eigenvalue weighted by molar-refractivity contribution is 6.12. The summed E-state index contributed by atoms with van der Waals surface area (Å²) in [6.45, 7) is 2.13. The van der Waals surface area contributed by atoms with Gasteiger partial charge in [-0.2, -0.15) is 9.36 Å². The van der Waals surface area contributed by atoms with Gasteiger partial charge in [-0.15, -0.1) is 0 Å². The molecule has 0 atom stereocenters. The molecule has 0 spiro atoms. The molecule has 0 saturated carbocycles. The zero-order valence-electron chi connectivity index (χ0n) is 19.4. The van der Waals surface area contributed by atoms with Gasteiger partial charge in [0.15, 0.2) is 0 Å². The largest absolute Gasteiger partial charge is 0.496 e. The third kappa shape index (κ3) is 4.54. The predicted octanol–water partition coefficient (Wildman–Crippen LogP) is 3.26. The van der Waals surface area contributed by atoms with Gasteiger partial charge in [-0.3, -0.25) is 0 Å². The van der Waals surface area contributed by atoms with Crippen LogP contribution in [0.2, 0.25) is 0 Å². The van der Waals surface area contributed by atoms with Crippen molar-refractivity contribution in [3.8, 4) is 17.2 Å². The van der Waals surface area contributed by atoms with Crippen molar-refractivity contribution < 1.29 is 14.3 Å². The molecule has 0 fully saturated rings. The maximum absolute atomic E-state index is 12.4. The normalized spacial score (nSPS) is 11.4. The maximum Gasteiger partial charge on any atom is 0.368 e. The van der Waals surface area contributed by atoms with Crippen molar-refractivity contribution in [3.63, 3.8) is 0 Å². The van der Waals surface area contributed by atoms with Crippen LogP contribution in [-0.2, 0) is 18.5 Å². The number of rotatable bonds is 8. The minimum Gasteiger partial charge on any atom is -0.496 e. The molecule has 4 rings (SSSR count). The van der Waals surface area contributed by atoms with Gasteiger partial charge in [-0.1, -0.05) is 41.6 Å². The molecule has 0 N–H and O–H groups in total. The Bertz CT molecular complexity index is 1380. The first kappa shape index (κ1) is 22.8. The number of ether oxygens (including phenoxy) is 2. The molecule has 9 nitrogen and oxygen atoms in total. The topological polar surface area (TPSA) is 92.8 Å². The Morgan fingerprint density at radius 1 is 0.941 bits per heavy atom. The lowest BCUT2D eigenvalue weighted by atomic mass is 10.0. The van der Waals surface area contributed by atoms with Crippen molar-refractivity contribution >= 4 is 5.71 Å². The Morgan fingerprint density at radius 2 is 1.74 bits per heavy atom. The molecule has 174 valence electrons. The van der Waals surface area contributed by atoms with E-state index in [0.717, 1.165) is 22.4 Å². The van der Waals surface area contributed by atoms with Crippen LogP contribution in [0.3, 0.4) is 0 Å². The molecule has 0 bridgehead atoms. The fourth-order valence-corrected chi connectivity index (χ4v) is 3.62. The summed E-state index contributed by atoms with van der Waals surface area (Å²) in [5, 5.41) is 12.0. The number of hydrogen-bond donors (Lipinski definition) is 0. The standard InChI is InChI=1S/C25H25N5O4/c1-17-15-19(24(26-33-4)18-9-6-5-7-10-18)13-14-22(17)34-16-20-21(11-8-12-23(20)32-3)30-25(31)29(2)27-28-30/h5-15H,16H2,1-4H3. The van der Waals surface area contributed by atoms with Crippen molar-refractivity contribution in [2.75, 3.05) is 14.2 Å². The van der Waals surface area contributed by atoms with Crippen LogP contribution in [0.1, 0.15) is 22.3 Å². The second-order valence-electron chi connectivity index (χ2n) is 7.51. The summed E-state index contributed by atoms with van der Waals surface area (Å²) in [6, 6.07) is 21.0. The highest BCUT2D eigenvalue weighted by Gasteiger charge is 2.17. The molecule has 0 aliphatic rings. The fraction of sp³-hybridized carbons (Fsp3) is 0.200. The third-order valence-electron chi connectivity index (χ3n) is 5.33. The first-order valence-electron chi connectivity index (χ1n) is 10.6. The Balaban J connectivity index is 1.64. The quantitative estimate of drug-likeness (QED) is 0.297. The zero-order chi connectivity index (χ0) is 24.1. The summed E-state index contributed by atoms with van der Waals surface area (Å²) in [5.74, 6) is 1.28. The van der Waals surface area contributed by atoms with Gasteiger partial charge in [0, 0.05) is 18.2 Å². The summed E-state index contributed by atoms with van der Waals surface area (Å²) < 4.78 is 14.1. The third-order valence-corrected chi connectivity index (χ3v) is 5.33. The molecule has 1 heterocycles. The fourth-order valence-electron chi connectivity index (χ4n) is 3.62. The highest BCUT2D eigenvalue weighted by atomic mass is 16.6. The van der Waals surface area contributed by atoms with Crippen LogP contribution < -0.4 is 15.2 Å². The number of aromatic nitrogens is 4. The van der Waals surface area contributed by atoms with Crippen molar-refractivity contribution in [3.05, 3.63) is 99.5 Å².